The van der Waals surface area contributed by atoms with Crippen LogP contribution in [0.2, 0.25) is 0 Å². The van der Waals surface area contributed by atoms with Crippen LogP contribution in [-0.4, -0.2) is 103 Å². The van der Waals surface area contributed by atoms with Crippen LogP contribution in [0.3, 0.4) is 0 Å². The molecule has 8 rings (SSSR count). The molecule has 0 unspecified atom stereocenters. The van der Waals surface area contributed by atoms with E-state index in [1.165, 1.54) is 9.80 Å². The van der Waals surface area contributed by atoms with Crippen LogP contribution in [0.15, 0.2) is 66.7 Å². The maximum atomic E-state index is 14.9. The third-order valence-corrected chi connectivity index (χ3v) is 14.8. The number of halogens is 3. The number of rotatable bonds is 9. The van der Waals surface area contributed by atoms with Gasteiger partial charge in [0.25, 0.3) is 5.91 Å². The van der Waals surface area contributed by atoms with Crippen molar-refractivity contribution in [3.05, 3.63) is 66.7 Å². The van der Waals surface area contributed by atoms with E-state index >= 15 is 0 Å². The number of fused-ring (bicyclic) bond motifs is 3. The highest BCUT2D eigenvalue weighted by Gasteiger charge is 2.62. The van der Waals surface area contributed by atoms with Crippen molar-refractivity contribution in [1.29, 1.82) is 0 Å². The number of likely N-dealkylation sites (tertiary alicyclic amines) is 1. The summed E-state index contributed by atoms with van der Waals surface area (Å²) < 4.78 is 80.7. The number of nitrogens with zero attached hydrogens (tertiary/aromatic N) is 3. The van der Waals surface area contributed by atoms with Crippen LogP contribution >= 0.6 is 0 Å². The molecular weight excluding hydrogens is 828 g/mol. The van der Waals surface area contributed by atoms with Crippen molar-refractivity contribution in [2.75, 3.05) is 26.7 Å². The van der Waals surface area contributed by atoms with Gasteiger partial charge in [-0.2, -0.15) is 13.2 Å². The molecule has 2 aliphatic carbocycles. The number of hydrogen-bond donors (Lipinski definition) is 2. The van der Waals surface area contributed by atoms with Crippen LogP contribution in [0.4, 0.5) is 13.2 Å². The number of aromatic nitrogens is 1. The lowest BCUT2D eigenvalue weighted by Crippen LogP contribution is -2.57. The third kappa shape index (κ3) is 9.42. The van der Waals surface area contributed by atoms with Gasteiger partial charge in [0.1, 0.15) is 29.2 Å². The summed E-state index contributed by atoms with van der Waals surface area (Å²) in [7, 11) is -2.40. The number of amides is 4. The van der Waals surface area contributed by atoms with E-state index in [1.54, 1.807) is 25.3 Å². The number of pyridine rings is 1. The normalized spacial score (nSPS) is 27.0. The second-order valence-electron chi connectivity index (χ2n) is 17.3. The van der Waals surface area contributed by atoms with Gasteiger partial charge >= 0.3 is 6.18 Å². The molecule has 5 aliphatic rings. The predicted molar refractivity (Wildman–Crippen MR) is 223 cm³/mol. The maximum absolute atomic E-state index is 14.9. The average molecular weight is 880 g/mol. The Morgan fingerprint density at radius 3 is 2.45 bits per heavy atom. The van der Waals surface area contributed by atoms with Gasteiger partial charge in [-0.3, -0.25) is 23.9 Å². The molecule has 62 heavy (non-hydrogen) atoms. The summed E-state index contributed by atoms with van der Waals surface area (Å²) in [6.45, 7) is -0.198. The second kappa shape index (κ2) is 17.5. The van der Waals surface area contributed by atoms with Gasteiger partial charge in [-0.05, 0) is 63.5 Å². The number of alkyl halides is 3. The third-order valence-electron chi connectivity index (χ3n) is 13.0. The number of piperidine rings is 1. The fourth-order valence-corrected chi connectivity index (χ4v) is 10.5. The zero-order chi connectivity index (χ0) is 43.8. The maximum Gasteiger partial charge on any atom is 0.391 e. The van der Waals surface area contributed by atoms with Crippen molar-refractivity contribution < 1.29 is 50.2 Å². The first-order valence-electron chi connectivity index (χ1n) is 21.6. The van der Waals surface area contributed by atoms with Crippen molar-refractivity contribution in [3.8, 4) is 22.8 Å². The van der Waals surface area contributed by atoms with Crippen molar-refractivity contribution in [2.24, 2.45) is 17.8 Å². The summed E-state index contributed by atoms with van der Waals surface area (Å²) in [6.07, 6.45) is 2.03. The standard InChI is InChI=1S/C45H52F3N5O8S/c1-60-32-14-17-35-37(23-32)49-36(28-10-7-5-8-11-28)25-39(35)61-33-24-38-41(55)50-44(43(57)51-62(58,59)34-15-16-34)26-31(44)13-9-4-2-3-6-12-29(42(56)53(38)27-33)22-40(54)52-20-18-30(19-21-52)45(46,47)48/h5,7-11,13-14,17,23,25,29-31,33-34,38H,2-4,6,12,15-16,18-22,24,26-27H2,1H3,(H,50,55)(H,51,57)/b13-9-/t29-,31-,33+,38-,44+/m0/s1. The molecule has 2 saturated carbocycles. The Labute approximate surface area is 358 Å². The van der Waals surface area contributed by atoms with Crippen molar-refractivity contribution in [2.45, 2.75) is 106 Å². The van der Waals surface area contributed by atoms with Crippen molar-refractivity contribution in [1.82, 2.24) is 24.8 Å². The molecule has 4 heterocycles. The molecule has 13 nitrogen and oxygen atoms in total. The second-order valence-corrected chi connectivity index (χ2v) is 19.3. The zero-order valence-electron chi connectivity index (χ0n) is 34.6. The minimum absolute atomic E-state index is 0.00240. The van der Waals surface area contributed by atoms with Crippen LogP contribution in [0.1, 0.15) is 77.0 Å². The van der Waals surface area contributed by atoms with E-state index in [-0.39, 0.29) is 51.7 Å². The van der Waals surface area contributed by atoms with Gasteiger partial charge in [0.2, 0.25) is 27.7 Å². The summed E-state index contributed by atoms with van der Waals surface area (Å²) in [5.74, 6) is -4.21. The molecule has 0 spiro atoms. The minimum atomic E-state index is -4.35. The molecule has 17 heteroatoms. The van der Waals surface area contributed by atoms with Crippen LogP contribution < -0.4 is 19.5 Å². The topological polar surface area (TPSA) is 164 Å². The predicted octanol–water partition coefficient (Wildman–Crippen LogP) is 6.07. The molecule has 332 valence electrons. The number of sulfonamides is 1. The van der Waals surface area contributed by atoms with Gasteiger partial charge < -0.3 is 24.6 Å². The number of carbonyl (C=O) groups excluding carboxylic acids is 4. The highest BCUT2D eigenvalue weighted by atomic mass is 32.2. The quantitative estimate of drug-likeness (QED) is 0.243. The molecule has 5 atom stereocenters. The molecule has 4 amide bonds. The van der Waals surface area contributed by atoms with Crippen LogP contribution in [0.25, 0.3) is 22.2 Å². The van der Waals surface area contributed by atoms with E-state index in [2.05, 4.69) is 10.0 Å². The fourth-order valence-electron chi connectivity index (χ4n) is 9.11. The molecule has 2 saturated heterocycles. The molecule has 3 aliphatic heterocycles. The first-order chi connectivity index (χ1) is 29.6. The molecule has 1 aromatic heterocycles. The molecule has 4 fully saturated rings. The molecule has 2 aromatic carbocycles. The Bertz CT molecular complexity index is 2330. The molecule has 0 radical (unpaired) electrons. The van der Waals surface area contributed by atoms with Crippen molar-refractivity contribution in [3.63, 3.8) is 0 Å². The first-order valence-corrected chi connectivity index (χ1v) is 23.1. The van der Waals surface area contributed by atoms with E-state index in [4.69, 9.17) is 14.5 Å². The largest absolute Gasteiger partial charge is 0.497 e. The van der Waals surface area contributed by atoms with E-state index in [0.717, 1.165) is 12.0 Å². The van der Waals surface area contributed by atoms with E-state index < -0.39 is 80.5 Å². The van der Waals surface area contributed by atoms with Gasteiger partial charge in [0.15, 0.2) is 0 Å². The summed E-state index contributed by atoms with van der Waals surface area (Å²) >= 11 is 0. The van der Waals surface area contributed by atoms with Gasteiger partial charge in [0, 0.05) is 60.8 Å². The van der Waals surface area contributed by atoms with Gasteiger partial charge in [0.05, 0.1) is 36.0 Å². The highest BCUT2D eigenvalue weighted by Crippen LogP contribution is 2.46. The smallest absolute Gasteiger partial charge is 0.391 e. The van der Waals surface area contributed by atoms with E-state index in [0.29, 0.717) is 66.6 Å². The number of allylic oxidation sites excluding steroid dienone is 1. The lowest BCUT2D eigenvalue weighted by Gasteiger charge is -2.34. The summed E-state index contributed by atoms with van der Waals surface area (Å²) in [6, 6.07) is 15.5. The minimum Gasteiger partial charge on any atom is -0.497 e. The van der Waals surface area contributed by atoms with Gasteiger partial charge in [-0.25, -0.2) is 13.4 Å². The number of carbonyl (C=O) groups is 4. The Kier molecular flexibility index (Phi) is 12.3. The van der Waals surface area contributed by atoms with Gasteiger partial charge in [-0.15, -0.1) is 0 Å². The monoisotopic (exact) mass is 879 g/mol. The zero-order valence-corrected chi connectivity index (χ0v) is 35.4. The number of ether oxygens (including phenoxy) is 2. The first kappa shape index (κ1) is 43.5. The Morgan fingerprint density at radius 1 is 0.984 bits per heavy atom. The van der Waals surface area contributed by atoms with E-state index in [1.807, 2.05) is 48.6 Å². The highest BCUT2D eigenvalue weighted by molar-refractivity contribution is 7.91. The van der Waals surface area contributed by atoms with E-state index in [9.17, 15) is 40.8 Å². The number of hydrogen-bond acceptors (Lipinski definition) is 9. The van der Waals surface area contributed by atoms with Crippen LogP contribution in [0, 0.1) is 17.8 Å². The fraction of sp³-hybridized carbons (Fsp3) is 0.533. The van der Waals surface area contributed by atoms with Crippen LogP contribution in [0.5, 0.6) is 11.5 Å². The summed E-state index contributed by atoms with van der Waals surface area (Å²) in [4.78, 5) is 64.8. The van der Waals surface area contributed by atoms with Gasteiger partial charge in [-0.1, -0.05) is 55.3 Å². The molecule has 3 aromatic rings. The lowest BCUT2D eigenvalue weighted by atomic mass is 9.92. The van der Waals surface area contributed by atoms with Crippen molar-refractivity contribution >= 4 is 44.6 Å². The SMILES string of the molecule is COc1ccc2c(O[C@@H]3C[C@H]4C(=O)N[C@]5(C(=O)NS(=O)(=O)C6CC6)C[C@@H]5/C=C\CCCCC[C@@H](CC(=O)N5CCC(C(F)(F)F)CC5)C(=O)N4C3)cc(-c3ccccc3)nc2c1. The summed E-state index contributed by atoms with van der Waals surface area (Å²) in [5.41, 5.74) is 0.461. The average Bonchev–Trinajstić information content (AvgIpc) is 4.19. The molecular formula is C45H52F3N5O8S. The number of methoxy groups -OCH3 is 1. The Hall–Kier alpha value is -5.19. The Morgan fingerprint density at radius 2 is 1.74 bits per heavy atom. The lowest BCUT2D eigenvalue weighted by molar-refractivity contribution is -0.186. The summed E-state index contributed by atoms with van der Waals surface area (Å²) in [5, 5.41) is 2.87. The number of nitrogens with one attached hydrogen (secondary N) is 2. The van der Waals surface area contributed by atoms with Crippen LogP contribution in [-0.2, 0) is 29.2 Å². The molecule has 0 bridgehead atoms. The Balaban J connectivity index is 1.11. The molecule has 2 N–H and O–H groups in total. The number of benzene rings is 2.